The van der Waals surface area contributed by atoms with Gasteiger partial charge < -0.3 is 4.42 Å². The molecule has 112 valence electrons. The normalized spacial score (nSPS) is 16.4. The van der Waals surface area contributed by atoms with Gasteiger partial charge in [-0.05, 0) is 45.4 Å². The van der Waals surface area contributed by atoms with Crippen LogP contribution in [0.25, 0.3) is 0 Å². The quantitative estimate of drug-likeness (QED) is 0.817. The average molecular weight is 286 g/mol. The van der Waals surface area contributed by atoms with Crippen molar-refractivity contribution in [1.29, 1.82) is 0 Å². The van der Waals surface area contributed by atoms with Crippen LogP contribution in [0.2, 0.25) is 0 Å². The first-order valence-electron chi connectivity index (χ1n) is 7.56. The predicted molar refractivity (Wildman–Crippen MR) is 79.9 cm³/mol. The molecule has 3 rings (SSSR count). The van der Waals surface area contributed by atoms with Crippen LogP contribution in [0.3, 0.4) is 0 Å². The van der Waals surface area contributed by atoms with Crippen LogP contribution >= 0.6 is 0 Å². The highest BCUT2D eigenvalue weighted by atomic mass is 16.4. The highest BCUT2D eigenvalue weighted by Crippen LogP contribution is 2.39. The lowest BCUT2D eigenvalue weighted by Gasteiger charge is -2.23. The molecule has 0 amide bonds. The van der Waals surface area contributed by atoms with Crippen LogP contribution in [0, 0.1) is 6.92 Å². The predicted octanol–water partition coefficient (Wildman–Crippen LogP) is 2.71. The van der Waals surface area contributed by atoms with Crippen molar-refractivity contribution in [3.63, 3.8) is 0 Å². The van der Waals surface area contributed by atoms with Gasteiger partial charge in [-0.25, -0.2) is 0 Å². The van der Waals surface area contributed by atoms with E-state index >= 15 is 0 Å². The number of rotatable bonds is 6. The van der Waals surface area contributed by atoms with Crippen LogP contribution < -0.4 is 0 Å². The second kappa shape index (κ2) is 5.93. The van der Waals surface area contributed by atoms with E-state index in [4.69, 9.17) is 4.42 Å². The van der Waals surface area contributed by atoms with Crippen LogP contribution in [-0.2, 0) is 13.0 Å². The molecule has 0 aliphatic heterocycles. The number of nitrogens with zero attached hydrogens (tertiary/aromatic N) is 4. The Morgan fingerprint density at radius 3 is 2.90 bits per heavy atom. The van der Waals surface area contributed by atoms with Crippen molar-refractivity contribution in [2.75, 3.05) is 7.05 Å². The van der Waals surface area contributed by atoms with Crippen LogP contribution in [0.5, 0.6) is 0 Å². The summed E-state index contributed by atoms with van der Waals surface area (Å²) in [5, 5.41) is 8.28. The van der Waals surface area contributed by atoms with Crippen molar-refractivity contribution in [2.45, 2.75) is 51.6 Å². The molecule has 0 N–H and O–H groups in total. The summed E-state index contributed by atoms with van der Waals surface area (Å²) in [5.74, 6) is 2.04. The van der Waals surface area contributed by atoms with Gasteiger partial charge in [-0.15, -0.1) is 10.2 Å². The number of aryl methyl sites for hydroxylation is 1. The second-order valence-corrected chi connectivity index (χ2v) is 6.04. The maximum absolute atomic E-state index is 5.72. The Morgan fingerprint density at radius 1 is 1.38 bits per heavy atom. The zero-order valence-electron chi connectivity index (χ0n) is 12.9. The lowest BCUT2D eigenvalue weighted by atomic mass is 10.1. The van der Waals surface area contributed by atoms with E-state index in [9.17, 15) is 0 Å². The number of aromatic nitrogens is 3. The Labute approximate surface area is 125 Å². The minimum Gasteiger partial charge on any atom is -0.424 e. The highest BCUT2D eigenvalue weighted by molar-refractivity contribution is 5.18. The monoisotopic (exact) mass is 286 g/mol. The van der Waals surface area contributed by atoms with Gasteiger partial charge in [0.25, 0.3) is 0 Å². The van der Waals surface area contributed by atoms with Gasteiger partial charge in [0.2, 0.25) is 11.8 Å². The van der Waals surface area contributed by atoms with E-state index in [1.807, 2.05) is 12.3 Å². The van der Waals surface area contributed by atoms with Gasteiger partial charge in [0.05, 0.1) is 6.54 Å². The van der Waals surface area contributed by atoms with Crippen LogP contribution in [-0.4, -0.2) is 33.2 Å². The van der Waals surface area contributed by atoms with E-state index < -0.39 is 0 Å². The molecule has 2 aromatic rings. The van der Waals surface area contributed by atoms with Crippen molar-refractivity contribution < 1.29 is 4.42 Å². The van der Waals surface area contributed by atoms with E-state index in [1.54, 1.807) is 0 Å². The number of pyridine rings is 1. The molecule has 0 aromatic carbocycles. The SMILES string of the molecule is Cc1cccnc1C[C@H](C)N(C)Cc1nnc(C2CC2)o1. The first-order chi connectivity index (χ1) is 10.1. The van der Waals surface area contributed by atoms with Gasteiger partial charge in [0, 0.05) is 30.3 Å². The largest absolute Gasteiger partial charge is 0.424 e. The molecule has 1 fully saturated rings. The fraction of sp³-hybridized carbons (Fsp3) is 0.562. The molecule has 2 aromatic heterocycles. The van der Waals surface area contributed by atoms with Gasteiger partial charge >= 0.3 is 0 Å². The summed E-state index contributed by atoms with van der Waals surface area (Å²) in [7, 11) is 2.09. The lowest BCUT2D eigenvalue weighted by molar-refractivity contribution is 0.221. The van der Waals surface area contributed by atoms with Crippen molar-refractivity contribution in [3.8, 4) is 0 Å². The molecule has 2 heterocycles. The first-order valence-corrected chi connectivity index (χ1v) is 7.56. The third-order valence-corrected chi connectivity index (χ3v) is 4.15. The lowest BCUT2D eigenvalue weighted by Crippen LogP contribution is -2.31. The molecular weight excluding hydrogens is 264 g/mol. The molecule has 21 heavy (non-hydrogen) atoms. The summed E-state index contributed by atoms with van der Waals surface area (Å²) in [6.45, 7) is 4.99. The van der Waals surface area contributed by atoms with E-state index in [2.05, 4.69) is 47.0 Å². The van der Waals surface area contributed by atoms with E-state index in [1.165, 1.54) is 18.4 Å². The Balaban J connectivity index is 1.58. The smallest absolute Gasteiger partial charge is 0.230 e. The zero-order valence-corrected chi connectivity index (χ0v) is 12.9. The average Bonchev–Trinajstić information content (AvgIpc) is 3.22. The molecule has 0 radical (unpaired) electrons. The van der Waals surface area contributed by atoms with Crippen molar-refractivity contribution in [2.24, 2.45) is 0 Å². The molecule has 5 heteroatoms. The molecule has 1 aliphatic rings. The Hall–Kier alpha value is -1.75. The van der Waals surface area contributed by atoms with Gasteiger partial charge in [0.1, 0.15) is 0 Å². The van der Waals surface area contributed by atoms with E-state index in [0.29, 0.717) is 24.4 Å². The summed E-state index contributed by atoms with van der Waals surface area (Å²) in [4.78, 5) is 6.70. The fourth-order valence-corrected chi connectivity index (χ4v) is 2.36. The molecular formula is C16H22N4O. The zero-order chi connectivity index (χ0) is 14.8. The fourth-order valence-electron chi connectivity index (χ4n) is 2.36. The van der Waals surface area contributed by atoms with Crippen LogP contribution in [0.15, 0.2) is 22.7 Å². The minimum absolute atomic E-state index is 0.370. The maximum atomic E-state index is 5.72. The third kappa shape index (κ3) is 3.47. The maximum Gasteiger partial charge on any atom is 0.230 e. The molecule has 1 atom stereocenters. The van der Waals surface area contributed by atoms with E-state index in [-0.39, 0.29) is 0 Å². The Morgan fingerprint density at radius 2 is 2.19 bits per heavy atom. The molecule has 1 aliphatic carbocycles. The van der Waals surface area contributed by atoms with Gasteiger partial charge in [-0.1, -0.05) is 6.07 Å². The number of likely N-dealkylation sites (N-methyl/N-ethyl adjacent to an activating group) is 1. The summed E-state index contributed by atoms with van der Waals surface area (Å²) in [5.41, 5.74) is 2.40. The molecule has 5 nitrogen and oxygen atoms in total. The topological polar surface area (TPSA) is 55.1 Å². The minimum atomic E-state index is 0.370. The summed E-state index contributed by atoms with van der Waals surface area (Å²) >= 11 is 0. The first kappa shape index (κ1) is 14.2. The van der Waals surface area contributed by atoms with E-state index in [0.717, 1.165) is 18.0 Å². The molecule has 0 saturated heterocycles. The van der Waals surface area contributed by atoms with Gasteiger partial charge in [0.15, 0.2) is 0 Å². The molecule has 0 bridgehead atoms. The molecule has 0 unspecified atom stereocenters. The van der Waals surface area contributed by atoms with Crippen LogP contribution in [0.1, 0.15) is 48.7 Å². The Kier molecular flexibility index (Phi) is 4.01. The number of hydrogen-bond acceptors (Lipinski definition) is 5. The standard InChI is InChI=1S/C16H22N4O/c1-11-5-4-8-17-14(11)9-12(2)20(3)10-15-18-19-16(21-15)13-6-7-13/h4-5,8,12-13H,6-7,9-10H2,1-3H3/t12-/m0/s1. The highest BCUT2D eigenvalue weighted by Gasteiger charge is 2.29. The van der Waals surface area contributed by atoms with Crippen molar-refractivity contribution in [1.82, 2.24) is 20.1 Å². The molecule has 0 spiro atoms. The van der Waals surface area contributed by atoms with Crippen LogP contribution in [0.4, 0.5) is 0 Å². The van der Waals surface area contributed by atoms with Gasteiger partial charge in [-0.2, -0.15) is 0 Å². The number of hydrogen-bond donors (Lipinski definition) is 0. The summed E-state index contributed by atoms with van der Waals surface area (Å²) in [6.07, 6.45) is 5.15. The van der Waals surface area contributed by atoms with Gasteiger partial charge in [-0.3, -0.25) is 9.88 Å². The van der Waals surface area contributed by atoms with Crippen molar-refractivity contribution >= 4 is 0 Å². The van der Waals surface area contributed by atoms with Crippen molar-refractivity contribution in [3.05, 3.63) is 41.4 Å². The third-order valence-electron chi connectivity index (χ3n) is 4.15. The summed E-state index contributed by atoms with van der Waals surface area (Å²) in [6, 6.07) is 4.45. The Bertz CT molecular complexity index is 606. The summed E-state index contributed by atoms with van der Waals surface area (Å²) < 4.78 is 5.72. The molecule has 1 saturated carbocycles. The second-order valence-electron chi connectivity index (χ2n) is 6.04.